The zero-order valence-corrected chi connectivity index (χ0v) is 10.9. The van der Waals surface area contributed by atoms with E-state index < -0.39 is 0 Å². The lowest BCUT2D eigenvalue weighted by Gasteiger charge is -2.14. The molecule has 0 saturated carbocycles. The molecule has 1 aliphatic rings. The molecule has 1 aromatic carbocycles. The van der Waals surface area contributed by atoms with E-state index in [1.807, 2.05) is 38.2 Å². The lowest BCUT2D eigenvalue weighted by molar-refractivity contribution is -0.121. The molecule has 1 aliphatic heterocycles. The first-order valence-electron chi connectivity index (χ1n) is 6.36. The van der Waals surface area contributed by atoms with Crippen molar-refractivity contribution < 1.29 is 9.53 Å². The van der Waals surface area contributed by atoms with Crippen LogP contribution < -0.4 is 10.6 Å². The average molecular weight is 248 g/mol. The number of rotatable bonds is 4. The lowest BCUT2D eigenvalue weighted by Crippen LogP contribution is -2.27. The summed E-state index contributed by atoms with van der Waals surface area (Å²) < 4.78 is 5.42. The fourth-order valence-electron chi connectivity index (χ4n) is 2.27. The zero-order chi connectivity index (χ0) is 13.0. The van der Waals surface area contributed by atoms with Gasteiger partial charge in [0, 0.05) is 18.8 Å². The normalized spacial score (nSPS) is 23.0. The van der Waals surface area contributed by atoms with Crippen LogP contribution in [0, 0.1) is 5.92 Å². The highest BCUT2D eigenvalue weighted by Crippen LogP contribution is 2.22. The van der Waals surface area contributed by atoms with Crippen LogP contribution in [0.1, 0.15) is 18.9 Å². The number of nitrogens with one attached hydrogen (secondary N) is 2. The molecular formula is C14H20N2O2. The molecule has 1 heterocycles. The van der Waals surface area contributed by atoms with Gasteiger partial charge in [-0.25, -0.2) is 0 Å². The number of carbonyl (C=O) groups excluding carboxylic acids is 1. The summed E-state index contributed by atoms with van der Waals surface area (Å²) in [6.07, 6.45) is 0.828. The molecule has 4 nitrogen and oxygen atoms in total. The Morgan fingerprint density at radius 1 is 1.50 bits per heavy atom. The van der Waals surface area contributed by atoms with E-state index in [4.69, 9.17) is 4.74 Å². The van der Waals surface area contributed by atoms with E-state index in [1.54, 1.807) is 0 Å². The number of hydrogen-bond donors (Lipinski definition) is 2. The summed E-state index contributed by atoms with van der Waals surface area (Å²) >= 11 is 0. The van der Waals surface area contributed by atoms with Crippen molar-refractivity contribution in [3.8, 4) is 0 Å². The van der Waals surface area contributed by atoms with Gasteiger partial charge >= 0.3 is 0 Å². The molecule has 1 amide bonds. The largest absolute Gasteiger partial charge is 0.378 e. The first-order valence-corrected chi connectivity index (χ1v) is 6.36. The second-order valence-corrected chi connectivity index (χ2v) is 4.69. The second kappa shape index (κ2) is 5.98. The molecule has 1 saturated heterocycles. The standard InChI is InChI=1S/C14H20N2O2/c1-10-13(6-7-18-10)14(17)16-12-5-3-4-11(8-12)9-15-2/h3-5,8,10,13,15H,6-7,9H2,1-2H3,(H,16,17). The van der Waals surface area contributed by atoms with Gasteiger partial charge < -0.3 is 15.4 Å². The first kappa shape index (κ1) is 13.1. The number of anilines is 1. The minimum atomic E-state index is -0.0297. The summed E-state index contributed by atoms with van der Waals surface area (Å²) in [4.78, 5) is 12.1. The Labute approximate surface area is 108 Å². The SMILES string of the molecule is CNCc1cccc(NC(=O)C2CCOC2C)c1. The third-order valence-corrected chi connectivity index (χ3v) is 3.29. The third kappa shape index (κ3) is 3.09. The van der Waals surface area contributed by atoms with Crippen LogP contribution in [0.5, 0.6) is 0 Å². The van der Waals surface area contributed by atoms with Crippen LogP contribution in [0.15, 0.2) is 24.3 Å². The van der Waals surface area contributed by atoms with Crippen LogP contribution in [0.4, 0.5) is 5.69 Å². The molecule has 2 rings (SSSR count). The maximum absolute atomic E-state index is 12.1. The first-order chi connectivity index (χ1) is 8.70. The number of carbonyl (C=O) groups is 1. The summed E-state index contributed by atoms with van der Waals surface area (Å²) in [5.74, 6) is 0.0274. The second-order valence-electron chi connectivity index (χ2n) is 4.69. The topological polar surface area (TPSA) is 50.4 Å². The quantitative estimate of drug-likeness (QED) is 0.853. The van der Waals surface area contributed by atoms with Gasteiger partial charge in [0.05, 0.1) is 12.0 Å². The Hall–Kier alpha value is -1.39. The molecule has 0 radical (unpaired) electrons. The smallest absolute Gasteiger partial charge is 0.230 e. The Bertz CT molecular complexity index is 420. The summed E-state index contributed by atoms with van der Waals surface area (Å²) in [6, 6.07) is 7.90. The summed E-state index contributed by atoms with van der Waals surface area (Å²) in [5.41, 5.74) is 2.01. The molecule has 1 aromatic rings. The predicted molar refractivity (Wildman–Crippen MR) is 71.4 cm³/mol. The van der Waals surface area contributed by atoms with E-state index in [2.05, 4.69) is 10.6 Å². The van der Waals surface area contributed by atoms with Gasteiger partial charge in [-0.05, 0) is 38.1 Å². The zero-order valence-electron chi connectivity index (χ0n) is 10.9. The maximum Gasteiger partial charge on any atom is 0.230 e. The van der Waals surface area contributed by atoms with E-state index in [9.17, 15) is 4.79 Å². The van der Waals surface area contributed by atoms with Crippen molar-refractivity contribution in [1.29, 1.82) is 0 Å². The van der Waals surface area contributed by atoms with Gasteiger partial charge in [0.2, 0.25) is 5.91 Å². The van der Waals surface area contributed by atoms with Crippen LogP contribution in [-0.4, -0.2) is 25.7 Å². The molecule has 0 aliphatic carbocycles. The van der Waals surface area contributed by atoms with Crippen molar-refractivity contribution >= 4 is 11.6 Å². The van der Waals surface area contributed by atoms with Crippen LogP contribution in [-0.2, 0) is 16.1 Å². The number of benzene rings is 1. The Kier molecular flexibility index (Phi) is 4.33. The maximum atomic E-state index is 12.1. The van der Waals surface area contributed by atoms with Gasteiger partial charge in [0.1, 0.15) is 0 Å². The van der Waals surface area contributed by atoms with Gasteiger partial charge in [0.25, 0.3) is 0 Å². The van der Waals surface area contributed by atoms with Crippen molar-refractivity contribution in [1.82, 2.24) is 5.32 Å². The van der Waals surface area contributed by atoms with Crippen molar-refractivity contribution in [2.75, 3.05) is 19.0 Å². The van der Waals surface area contributed by atoms with Crippen LogP contribution in [0.25, 0.3) is 0 Å². The minimum Gasteiger partial charge on any atom is -0.378 e. The number of amides is 1. The molecule has 2 unspecified atom stereocenters. The molecule has 1 fully saturated rings. The van der Waals surface area contributed by atoms with Gasteiger partial charge in [-0.2, -0.15) is 0 Å². The van der Waals surface area contributed by atoms with Crippen LogP contribution in [0.3, 0.4) is 0 Å². The predicted octanol–water partition coefficient (Wildman–Crippen LogP) is 1.77. The molecule has 2 atom stereocenters. The van der Waals surface area contributed by atoms with Crippen LogP contribution in [0.2, 0.25) is 0 Å². The highest BCUT2D eigenvalue weighted by molar-refractivity contribution is 5.93. The number of ether oxygens (including phenoxy) is 1. The summed E-state index contributed by atoms with van der Waals surface area (Å²) in [7, 11) is 1.91. The Balaban J connectivity index is 2.00. The van der Waals surface area contributed by atoms with Crippen LogP contribution >= 0.6 is 0 Å². The summed E-state index contributed by atoms with van der Waals surface area (Å²) in [6.45, 7) is 3.43. The third-order valence-electron chi connectivity index (χ3n) is 3.29. The molecule has 0 spiro atoms. The monoisotopic (exact) mass is 248 g/mol. The minimum absolute atomic E-state index is 0.0190. The number of hydrogen-bond acceptors (Lipinski definition) is 3. The van der Waals surface area contributed by atoms with Gasteiger partial charge in [-0.15, -0.1) is 0 Å². The van der Waals surface area contributed by atoms with E-state index >= 15 is 0 Å². The Morgan fingerprint density at radius 3 is 3.00 bits per heavy atom. The fourth-order valence-corrected chi connectivity index (χ4v) is 2.27. The molecule has 0 aromatic heterocycles. The molecule has 0 bridgehead atoms. The molecule has 2 N–H and O–H groups in total. The van der Waals surface area contributed by atoms with Crippen molar-refractivity contribution in [3.63, 3.8) is 0 Å². The van der Waals surface area contributed by atoms with Gasteiger partial charge in [0.15, 0.2) is 0 Å². The van der Waals surface area contributed by atoms with Crippen molar-refractivity contribution in [3.05, 3.63) is 29.8 Å². The van der Waals surface area contributed by atoms with E-state index in [1.165, 1.54) is 0 Å². The van der Waals surface area contributed by atoms with E-state index in [0.29, 0.717) is 6.61 Å². The molecule has 4 heteroatoms. The molecule has 98 valence electrons. The van der Waals surface area contributed by atoms with E-state index in [-0.39, 0.29) is 17.9 Å². The highest BCUT2D eigenvalue weighted by atomic mass is 16.5. The highest BCUT2D eigenvalue weighted by Gasteiger charge is 2.30. The molecule has 18 heavy (non-hydrogen) atoms. The Morgan fingerprint density at radius 2 is 2.33 bits per heavy atom. The van der Waals surface area contributed by atoms with Gasteiger partial charge in [-0.1, -0.05) is 12.1 Å². The lowest BCUT2D eigenvalue weighted by atomic mass is 10.0. The molecular weight excluding hydrogens is 228 g/mol. The van der Waals surface area contributed by atoms with Crippen molar-refractivity contribution in [2.24, 2.45) is 5.92 Å². The average Bonchev–Trinajstić information content (AvgIpc) is 2.76. The summed E-state index contributed by atoms with van der Waals surface area (Å²) in [5, 5.41) is 6.06. The van der Waals surface area contributed by atoms with Gasteiger partial charge in [-0.3, -0.25) is 4.79 Å². The van der Waals surface area contributed by atoms with E-state index in [0.717, 1.165) is 24.2 Å². The fraction of sp³-hybridized carbons (Fsp3) is 0.500. The van der Waals surface area contributed by atoms with Crippen molar-refractivity contribution in [2.45, 2.75) is 26.0 Å².